The van der Waals surface area contributed by atoms with Crippen LogP contribution in [0.15, 0.2) is 200 Å². The SMILES string of the molecule is c1ccc(-c2ccc3c(c2)c2c4ccccc4ccc2n3-c2cccc3c2sc2cc(-c4nc(-c5ccccc5)cc(-c5ccccc5)n4)c4ccccc4c23)cc1. The Hall–Kier alpha value is -7.40. The van der Waals surface area contributed by atoms with Crippen molar-refractivity contribution in [2.45, 2.75) is 0 Å². The van der Waals surface area contributed by atoms with Gasteiger partial charge in [-0.25, -0.2) is 9.97 Å². The smallest absolute Gasteiger partial charge is 0.161 e. The van der Waals surface area contributed by atoms with E-state index in [0.717, 1.165) is 39.3 Å². The zero-order valence-corrected chi connectivity index (χ0v) is 32.1. The van der Waals surface area contributed by atoms with E-state index in [0.29, 0.717) is 0 Å². The van der Waals surface area contributed by atoms with Gasteiger partial charge in [0, 0.05) is 42.9 Å². The molecule has 0 aliphatic carbocycles. The second kappa shape index (κ2) is 13.1. The van der Waals surface area contributed by atoms with Crippen molar-refractivity contribution in [1.82, 2.24) is 14.5 Å². The molecule has 3 heterocycles. The van der Waals surface area contributed by atoms with Gasteiger partial charge in [0.05, 0.1) is 32.8 Å². The summed E-state index contributed by atoms with van der Waals surface area (Å²) >= 11 is 1.86. The number of hydrogen-bond donors (Lipinski definition) is 0. The molecule has 3 nitrogen and oxygen atoms in total. The van der Waals surface area contributed by atoms with E-state index in [1.54, 1.807) is 0 Å². The molecule has 0 saturated heterocycles. The fourth-order valence-corrected chi connectivity index (χ4v) is 10.2. The van der Waals surface area contributed by atoms with Crippen LogP contribution in [-0.2, 0) is 0 Å². The molecule has 58 heavy (non-hydrogen) atoms. The van der Waals surface area contributed by atoms with Crippen LogP contribution in [0, 0.1) is 0 Å². The van der Waals surface area contributed by atoms with Crippen LogP contribution in [0.25, 0.3) is 114 Å². The predicted octanol–water partition coefficient (Wildman–Crippen LogP) is 14.9. The molecule has 12 aromatic rings. The molecule has 9 aromatic carbocycles. The van der Waals surface area contributed by atoms with E-state index in [4.69, 9.17) is 9.97 Å². The van der Waals surface area contributed by atoms with Crippen molar-refractivity contribution in [2.24, 2.45) is 0 Å². The minimum atomic E-state index is 0.722. The highest BCUT2D eigenvalue weighted by molar-refractivity contribution is 7.26. The van der Waals surface area contributed by atoms with E-state index in [9.17, 15) is 0 Å². The minimum absolute atomic E-state index is 0.722. The van der Waals surface area contributed by atoms with E-state index >= 15 is 0 Å². The maximum absolute atomic E-state index is 5.28. The first-order chi connectivity index (χ1) is 28.8. The van der Waals surface area contributed by atoms with Crippen LogP contribution in [-0.4, -0.2) is 14.5 Å². The Morgan fingerprint density at radius 2 is 0.983 bits per heavy atom. The number of aromatic nitrogens is 3. The van der Waals surface area contributed by atoms with Gasteiger partial charge in [-0.15, -0.1) is 11.3 Å². The normalized spacial score (nSPS) is 11.8. The summed E-state index contributed by atoms with van der Waals surface area (Å²) in [7, 11) is 0. The fraction of sp³-hybridized carbons (Fsp3) is 0. The van der Waals surface area contributed by atoms with Gasteiger partial charge in [-0.2, -0.15) is 0 Å². The van der Waals surface area contributed by atoms with Crippen molar-refractivity contribution in [3.05, 3.63) is 200 Å². The molecular weight excluding hydrogens is 723 g/mol. The van der Waals surface area contributed by atoms with Crippen LogP contribution in [0.1, 0.15) is 0 Å². The summed E-state index contributed by atoms with van der Waals surface area (Å²) in [5, 5.41) is 9.90. The van der Waals surface area contributed by atoms with Gasteiger partial charge in [0.1, 0.15) is 0 Å². The third-order valence-corrected chi connectivity index (χ3v) is 12.8. The maximum Gasteiger partial charge on any atom is 0.161 e. The quantitative estimate of drug-likeness (QED) is 0.175. The number of rotatable bonds is 5. The standard InChI is InChI=1S/C54H33N3S/c1-4-15-34(16-5-1)38-28-29-47-44(31-38)51-39-22-11-10-17-35(39)27-30-48(51)57(47)49-26-14-25-42-52-41-24-13-12-23-40(41)43(32-50(52)58-53(42)49)54-55-45(36-18-6-2-7-19-36)33-46(56-54)37-20-8-3-9-21-37/h1-33H. The molecule has 0 saturated carbocycles. The van der Waals surface area contributed by atoms with Gasteiger partial charge in [-0.3, -0.25) is 0 Å². The zero-order valence-electron chi connectivity index (χ0n) is 31.3. The Bertz CT molecular complexity index is 3490. The van der Waals surface area contributed by atoms with Gasteiger partial charge < -0.3 is 4.57 Å². The molecule has 0 aliphatic heterocycles. The number of fused-ring (bicyclic) bond motifs is 10. The molecule has 3 aromatic heterocycles. The fourth-order valence-electron chi connectivity index (χ4n) is 8.95. The highest BCUT2D eigenvalue weighted by atomic mass is 32.1. The lowest BCUT2D eigenvalue weighted by molar-refractivity contribution is 1.19. The summed E-state index contributed by atoms with van der Waals surface area (Å²) in [4.78, 5) is 10.6. The average Bonchev–Trinajstić information content (AvgIpc) is 3.85. The van der Waals surface area contributed by atoms with Crippen LogP contribution >= 0.6 is 11.3 Å². The number of hydrogen-bond acceptors (Lipinski definition) is 3. The van der Waals surface area contributed by atoms with Gasteiger partial charge in [0.25, 0.3) is 0 Å². The largest absolute Gasteiger partial charge is 0.308 e. The van der Waals surface area contributed by atoms with Gasteiger partial charge in [-0.1, -0.05) is 164 Å². The Morgan fingerprint density at radius 1 is 0.379 bits per heavy atom. The molecular formula is C54H33N3S. The summed E-state index contributed by atoms with van der Waals surface area (Å²) in [5.74, 6) is 0.722. The highest BCUT2D eigenvalue weighted by Gasteiger charge is 2.21. The van der Waals surface area contributed by atoms with Gasteiger partial charge in [0.2, 0.25) is 0 Å². The van der Waals surface area contributed by atoms with Crippen LogP contribution in [0.3, 0.4) is 0 Å². The molecule has 0 aliphatic rings. The molecule has 0 fully saturated rings. The number of nitrogens with zero attached hydrogens (tertiary/aromatic N) is 3. The van der Waals surface area contributed by atoms with Crippen molar-refractivity contribution in [3.63, 3.8) is 0 Å². The molecule has 0 N–H and O–H groups in total. The highest BCUT2D eigenvalue weighted by Crippen LogP contribution is 2.47. The van der Waals surface area contributed by atoms with Crippen molar-refractivity contribution < 1.29 is 0 Å². The second-order valence-corrected chi connectivity index (χ2v) is 16.0. The van der Waals surface area contributed by atoms with E-state index in [1.807, 2.05) is 23.5 Å². The summed E-state index contributed by atoms with van der Waals surface area (Å²) < 4.78 is 4.96. The van der Waals surface area contributed by atoms with Gasteiger partial charge in [0.15, 0.2) is 5.82 Å². The Labute approximate surface area is 338 Å². The van der Waals surface area contributed by atoms with Gasteiger partial charge >= 0.3 is 0 Å². The predicted molar refractivity (Wildman–Crippen MR) is 246 cm³/mol. The van der Waals surface area contributed by atoms with Crippen molar-refractivity contribution in [3.8, 4) is 50.7 Å². The van der Waals surface area contributed by atoms with Gasteiger partial charge in [-0.05, 0) is 69.1 Å². The first-order valence-electron chi connectivity index (χ1n) is 19.7. The second-order valence-electron chi connectivity index (χ2n) is 14.9. The Balaban J connectivity index is 1.13. The Morgan fingerprint density at radius 3 is 1.71 bits per heavy atom. The molecule has 270 valence electrons. The van der Waals surface area contributed by atoms with Crippen LogP contribution in [0.2, 0.25) is 0 Å². The molecule has 0 radical (unpaired) electrons. The number of benzene rings is 9. The molecule has 4 heteroatoms. The summed E-state index contributed by atoms with van der Waals surface area (Å²) in [6.45, 7) is 0. The van der Waals surface area contributed by atoms with E-state index < -0.39 is 0 Å². The molecule has 12 rings (SSSR count). The first-order valence-corrected chi connectivity index (χ1v) is 20.5. The Kier molecular flexibility index (Phi) is 7.40. The molecule has 0 spiro atoms. The third kappa shape index (κ3) is 5.12. The van der Waals surface area contributed by atoms with Crippen LogP contribution in [0.4, 0.5) is 0 Å². The monoisotopic (exact) mass is 755 g/mol. The van der Waals surface area contributed by atoms with Crippen LogP contribution in [0.5, 0.6) is 0 Å². The summed E-state index contributed by atoms with van der Waals surface area (Å²) in [6, 6.07) is 71.9. The molecule has 0 unspecified atom stereocenters. The van der Waals surface area contributed by atoms with E-state index in [2.05, 4.69) is 193 Å². The van der Waals surface area contributed by atoms with Crippen molar-refractivity contribution in [2.75, 3.05) is 0 Å². The molecule has 0 bridgehead atoms. The lowest BCUT2D eigenvalue weighted by Gasteiger charge is -2.12. The maximum atomic E-state index is 5.28. The summed E-state index contributed by atoms with van der Waals surface area (Å²) in [5.41, 5.74) is 11.0. The zero-order chi connectivity index (χ0) is 38.2. The lowest BCUT2D eigenvalue weighted by Crippen LogP contribution is -1.96. The number of thiophene rings is 1. The van der Waals surface area contributed by atoms with E-state index in [1.165, 1.54) is 75.0 Å². The summed E-state index contributed by atoms with van der Waals surface area (Å²) in [6.07, 6.45) is 0. The average molecular weight is 756 g/mol. The van der Waals surface area contributed by atoms with Crippen LogP contribution < -0.4 is 0 Å². The lowest BCUT2D eigenvalue weighted by atomic mass is 9.98. The van der Waals surface area contributed by atoms with Crippen molar-refractivity contribution >= 4 is 74.9 Å². The first kappa shape index (κ1) is 32.8. The molecule has 0 amide bonds. The van der Waals surface area contributed by atoms with E-state index in [-0.39, 0.29) is 0 Å². The minimum Gasteiger partial charge on any atom is -0.308 e. The molecule has 0 atom stereocenters. The van der Waals surface area contributed by atoms with Crippen molar-refractivity contribution in [1.29, 1.82) is 0 Å². The third-order valence-electron chi connectivity index (χ3n) is 11.6. The topological polar surface area (TPSA) is 30.7 Å².